The number of ether oxygens (including phenoxy) is 1. The maximum Gasteiger partial charge on any atom is 0.122 e. The van der Waals surface area contributed by atoms with Gasteiger partial charge in [0.15, 0.2) is 0 Å². The Balaban J connectivity index is 2.55. The largest absolute Gasteiger partial charge is 0.496 e. The van der Waals surface area contributed by atoms with Crippen LogP contribution in [0.25, 0.3) is 11.1 Å². The lowest BCUT2D eigenvalue weighted by atomic mass is 9.93. The zero-order valence-electron chi connectivity index (χ0n) is 13.0. The van der Waals surface area contributed by atoms with E-state index in [4.69, 9.17) is 4.74 Å². The molecule has 0 unspecified atom stereocenters. The number of methoxy groups -OCH3 is 1. The van der Waals surface area contributed by atoms with Gasteiger partial charge in [0.25, 0.3) is 0 Å². The monoisotopic (exact) mass is 269 g/mol. The second-order valence-electron chi connectivity index (χ2n) is 5.32. The summed E-state index contributed by atoms with van der Waals surface area (Å²) in [6.45, 7) is 7.29. The smallest absolute Gasteiger partial charge is 0.122 e. The fraction of sp³-hybridized carbons (Fsp3) is 0.333. The molecule has 0 aliphatic carbocycles. The van der Waals surface area contributed by atoms with Crippen molar-refractivity contribution in [3.63, 3.8) is 0 Å². The molecule has 0 atom stereocenters. The van der Waals surface area contributed by atoms with E-state index < -0.39 is 0 Å². The fourth-order valence-electron chi connectivity index (χ4n) is 2.57. The molecule has 2 aromatic rings. The Morgan fingerprint density at radius 2 is 1.60 bits per heavy atom. The minimum atomic E-state index is 0.890. The molecule has 0 spiro atoms. The Morgan fingerprint density at radius 3 is 2.25 bits per heavy atom. The molecule has 0 fully saturated rings. The van der Waals surface area contributed by atoms with Gasteiger partial charge in [-0.1, -0.05) is 12.1 Å². The first-order valence-electron chi connectivity index (χ1n) is 6.96. The summed E-state index contributed by atoms with van der Waals surface area (Å²) in [6, 6.07) is 11.0. The van der Waals surface area contributed by atoms with E-state index in [1.165, 1.54) is 33.4 Å². The van der Waals surface area contributed by atoms with Crippen molar-refractivity contribution in [2.75, 3.05) is 14.2 Å². The maximum atomic E-state index is 5.40. The van der Waals surface area contributed by atoms with Gasteiger partial charge in [0.1, 0.15) is 5.75 Å². The van der Waals surface area contributed by atoms with Crippen molar-refractivity contribution in [1.82, 2.24) is 5.32 Å². The van der Waals surface area contributed by atoms with Crippen LogP contribution in [0.3, 0.4) is 0 Å². The number of nitrogens with one attached hydrogen (secondary N) is 1. The molecule has 2 heteroatoms. The molecule has 0 aliphatic rings. The van der Waals surface area contributed by atoms with Crippen LogP contribution in [0.1, 0.15) is 22.3 Å². The molecule has 1 N–H and O–H groups in total. The Labute approximate surface area is 121 Å². The minimum Gasteiger partial charge on any atom is -0.496 e. The second-order valence-corrected chi connectivity index (χ2v) is 5.32. The third-order valence-electron chi connectivity index (χ3n) is 3.71. The maximum absolute atomic E-state index is 5.40. The molecule has 2 aromatic carbocycles. The van der Waals surface area contributed by atoms with E-state index in [1.54, 1.807) is 7.11 Å². The highest BCUT2D eigenvalue weighted by atomic mass is 16.5. The van der Waals surface area contributed by atoms with Crippen molar-refractivity contribution in [2.24, 2.45) is 0 Å². The molecule has 0 aliphatic heterocycles. The van der Waals surface area contributed by atoms with Crippen molar-refractivity contribution in [3.05, 3.63) is 52.6 Å². The number of benzene rings is 2. The van der Waals surface area contributed by atoms with Gasteiger partial charge >= 0.3 is 0 Å². The van der Waals surface area contributed by atoms with Crippen LogP contribution in [0.5, 0.6) is 5.75 Å². The molecule has 0 amide bonds. The molecule has 106 valence electrons. The van der Waals surface area contributed by atoms with Gasteiger partial charge in [-0.15, -0.1) is 0 Å². The SMILES string of the molecule is CNCc1ccc(C)c(-c2cc(C)c(OC)cc2C)c1. The van der Waals surface area contributed by atoms with Crippen molar-refractivity contribution in [1.29, 1.82) is 0 Å². The highest BCUT2D eigenvalue weighted by Crippen LogP contribution is 2.32. The molecule has 0 saturated heterocycles. The van der Waals surface area contributed by atoms with Crippen LogP contribution in [-0.2, 0) is 6.54 Å². The van der Waals surface area contributed by atoms with Crippen LogP contribution in [-0.4, -0.2) is 14.2 Å². The summed E-state index contributed by atoms with van der Waals surface area (Å²) in [5.41, 5.74) is 7.63. The number of hydrogen-bond donors (Lipinski definition) is 1. The van der Waals surface area contributed by atoms with Gasteiger partial charge in [-0.05, 0) is 79.4 Å². The second kappa shape index (κ2) is 6.10. The van der Waals surface area contributed by atoms with E-state index in [0.717, 1.165) is 12.3 Å². The first-order valence-corrected chi connectivity index (χ1v) is 6.96. The van der Waals surface area contributed by atoms with E-state index in [2.05, 4.69) is 56.4 Å². The summed E-state index contributed by atoms with van der Waals surface area (Å²) in [5, 5.41) is 3.21. The minimum absolute atomic E-state index is 0.890. The first-order chi connectivity index (χ1) is 9.56. The van der Waals surface area contributed by atoms with Gasteiger partial charge in [0.05, 0.1) is 7.11 Å². The summed E-state index contributed by atoms with van der Waals surface area (Å²) < 4.78 is 5.40. The average molecular weight is 269 g/mol. The lowest BCUT2D eigenvalue weighted by Gasteiger charge is -2.15. The normalized spacial score (nSPS) is 10.7. The van der Waals surface area contributed by atoms with Crippen LogP contribution in [0, 0.1) is 20.8 Å². The van der Waals surface area contributed by atoms with Crippen LogP contribution in [0.2, 0.25) is 0 Å². The third-order valence-corrected chi connectivity index (χ3v) is 3.71. The molecule has 0 aromatic heterocycles. The molecule has 2 nitrogen and oxygen atoms in total. The zero-order chi connectivity index (χ0) is 14.7. The van der Waals surface area contributed by atoms with E-state index in [9.17, 15) is 0 Å². The summed E-state index contributed by atoms with van der Waals surface area (Å²) in [5.74, 6) is 0.954. The Kier molecular flexibility index (Phi) is 4.46. The fourth-order valence-corrected chi connectivity index (χ4v) is 2.57. The van der Waals surface area contributed by atoms with Gasteiger partial charge in [0.2, 0.25) is 0 Å². The highest BCUT2D eigenvalue weighted by molar-refractivity contribution is 5.73. The van der Waals surface area contributed by atoms with Gasteiger partial charge in [-0.25, -0.2) is 0 Å². The van der Waals surface area contributed by atoms with Gasteiger partial charge in [0, 0.05) is 6.54 Å². The molecule has 20 heavy (non-hydrogen) atoms. The molecular formula is C18H23NO. The number of rotatable bonds is 4. The number of aryl methyl sites for hydroxylation is 3. The summed E-state index contributed by atoms with van der Waals surface area (Å²) in [6.07, 6.45) is 0. The van der Waals surface area contributed by atoms with E-state index >= 15 is 0 Å². The standard InChI is InChI=1S/C18H23NO/c1-12-6-7-15(11-19-4)10-17(12)16-8-14(3)18(20-5)9-13(16)2/h6-10,19H,11H2,1-5H3. The van der Waals surface area contributed by atoms with Crippen LogP contribution < -0.4 is 10.1 Å². The molecule has 0 bridgehead atoms. The average Bonchev–Trinajstić information content (AvgIpc) is 2.43. The quantitative estimate of drug-likeness (QED) is 0.905. The van der Waals surface area contributed by atoms with Gasteiger partial charge in [-0.2, -0.15) is 0 Å². The van der Waals surface area contributed by atoms with Crippen LogP contribution >= 0.6 is 0 Å². The predicted octanol–water partition coefficient (Wildman–Crippen LogP) is 4.01. The number of hydrogen-bond acceptors (Lipinski definition) is 2. The van der Waals surface area contributed by atoms with Crippen molar-refractivity contribution < 1.29 is 4.74 Å². The van der Waals surface area contributed by atoms with Crippen molar-refractivity contribution in [2.45, 2.75) is 27.3 Å². The Morgan fingerprint density at radius 1 is 0.900 bits per heavy atom. The van der Waals surface area contributed by atoms with Crippen molar-refractivity contribution in [3.8, 4) is 16.9 Å². The van der Waals surface area contributed by atoms with E-state index in [-0.39, 0.29) is 0 Å². The van der Waals surface area contributed by atoms with E-state index in [1.807, 2.05) is 7.05 Å². The summed E-state index contributed by atoms with van der Waals surface area (Å²) in [4.78, 5) is 0. The lowest BCUT2D eigenvalue weighted by molar-refractivity contribution is 0.411. The lowest BCUT2D eigenvalue weighted by Crippen LogP contribution is -2.05. The Hall–Kier alpha value is -1.80. The predicted molar refractivity (Wildman–Crippen MR) is 85.4 cm³/mol. The van der Waals surface area contributed by atoms with Gasteiger partial charge < -0.3 is 10.1 Å². The van der Waals surface area contributed by atoms with Crippen LogP contribution in [0.4, 0.5) is 0 Å². The zero-order valence-corrected chi connectivity index (χ0v) is 13.0. The Bertz CT molecular complexity index is 617. The summed E-state index contributed by atoms with van der Waals surface area (Å²) >= 11 is 0. The molecular weight excluding hydrogens is 246 g/mol. The topological polar surface area (TPSA) is 21.3 Å². The first kappa shape index (κ1) is 14.6. The molecule has 0 radical (unpaired) electrons. The van der Waals surface area contributed by atoms with E-state index in [0.29, 0.717) is 0 Å². The molecule has 0 heterocycles. The molecule has 0 saturated carbocycles. The third kappa shape index (κ3) is 2.86. The van der Waals surface area contributed by atoms with Crippen molar-refractivity contribution >= 4 is 0 Å². The van der Waals surface area contributed by atoms with Crippen LogP contribution in [0.15, 0.2) is 30.3 Å². The summed E-state index contributed by atoms with van der Waals surface area (Å²) in [7, 11) is 3.70. The highest BCUT2D eigenvalue weighted by Gasteiger charge is 2.09. The van der Waals surface area contributed by atoms with Gasteiger partial charge in [-0.3, -0.25) is 0 Å². The molecule has 2 rings (SSSR count).